The van der Waals surface area contributed by atoms with Crippen LogP contribution in [-0.2, 0) is 16.1 Å². The average Bonchev–Trinajstić information content (AvgIpc) is 3.30. The first-order valence-corrected chi connectivity index (χ1v) is 9.70. The number of amides is 2. The number of halogens is 1. The van der Waals surface area contributed by atoms with E-state index in [0.717, 1.165) is 17.0 Å². The Morgan fingerprint density at radius 1 is 1.25 bits per heavy atom. The maximum Gasteiger partial charge on any atom is 0.228 e. The molecule has 28 heavy (non-hydrogen) atoms. The molecule has 6 nitrogen and oxygen atoms in total. The lowest BCUT2D eigenvalue weighted by molar-refractivity contribution is -0.136. The van der Waals surface area contributed by atoms with Crippen molar-refractivity contribution < 1.29 is 9.59 Å². The Hall–Kier alpha value is -2.86. The molecule has 7 heteroatoms. The highest BCUT2D eigenvalue weighted by Crippen LogP contribution is 2.27. The topological polar surface area (TPSA) is 57.9 Å². The number of anilines is 1. The first-order chi connectivity index (χ1) is 13.6. The van der Waals surface area contributed by atoms with Gasteiger partial charge >= 0.3 is 0 Å². The van der Waals surface area contributed by atoms with Crippen LogP contribution in [0.4, 0.5) is 5.69 Å². The predicted octanol–water partition coefficient (Wildman–Crippen LogP) is 3.39. The molecule has 144 valence electrons. The third-order valence-corrected chi connectivity index (χ3v) is 5.40. The summed E-state index contributed by atoms with van der Waals surface area (Å²) in [7, 11) is 0. The zero-order chi connectivity index (χ0) is 19.7. The van der Waals surface area contributed by atoms with Crippen molar-refractivity contribution in [3.63, 3.8) is 0 Å². The summed E-state index contributed by atoms with van der Waals surface area (Å²) in [4.78, 5) is 33.4. The molecule has 0 radical (unpaired) electrons. The molecule has 1 aliphatic heterocycles. The number of hydrogen-bond donors (Lipinski definition) is 0. The van der Waals surface area contributed by atoms with Crippen LogP contribution in [0.15, 0.2) is 54.9 Å². The molecule has 0 saturated carbocycles. The standard InChI is InChI=1S/C21H21ClN4O2/c1-2-24(14-18-12-23-19-5-3-4-10-25(18)19)21(28)15-11-20(27)26(13-15)17-8-6-16(22)7-9-17/h3-10,12,15H,2,11,13-14H2,1H3. The number of carbonyl (C=O) groups excluding carboxylic acids is 2. The number of hydrogen-bond acceptors (Lipinski definition) is 3. The van der Waals surface area contributed by atoms with Crippen molar-refractivity contribution in [2.75, 3.05) is 18.0 Å². The number of nitrogens with zero attached hydrogens (tertiary/aromatic N) is 4. The Morgan fingerprint density at radius 3 is 2.79 bits per heavy atom. The van der Waals surface area contributed by atoms with Crippen LogP contribution in [0.2, 0.25) is 5.02 Å². The molecule has 1 aromatic carbocycles. The smallest absolute Gasteiger partial charge is 0.228 e. The Morgan fingerprint density at radius 2 is 2.04 bits per heavy atom. The van der Waals surface area contributed by atoms with Crippen LogP contribution >= 0.6 is 11.6 Å². The fraction of sp³-hybridized carbons (Fsp3) is 0.286. The lowest BCUT2D eigenvalue weighted by Gasteiger charge is -2.24. The molecule has 1 fully saturated rings. The summed E-state index contributed by atoms with van der Waals surface area (Å²) < 4.78 is 1.98. The van der Waals surface area contributed by atoms with Crippen molar-refractivity contribution in [1.82, 2.24) is 14.3 Å². The van der Waals surface area contributed by atoms with Gasteiger partial charge in [-0.2, -0.15) is 0 Å². The zero-order valence-corrected chi connectivity index (χ0v) is 16.3. The summed E-state index contributed by atoms with van der Waals surface area (Å²) in [6.45, 7) is 3.38. The molecule has 0 spiro atoms. The van der Waals surface area contributed by atoms with E-state index in [4.69, 9.17) is 11.6 Å². The van der Waals surface area contributed by atoms with Gasteiger partial charge in [-0.3, -0.25) is 9.59 Å². The summed E-state index contributed by atoms with van der Waals surface area (Å²) in [6, 6.07) is 12.9. The van der Waals surface area contributed by atoms with Gasteiger partial charge in [0.05, 0.1) is 24.4 Å². The van der Waals surface area contributed by atoms with Crippen molar-refractivity contribution >= 4 is 34.7 Å². The molecule has 4 rings (SSSR count). The summed E-state index contributed by atoms with van der Waals surface area (Å²) >= 11 is 5.93. The third kappa shape index (κ3) is 3.47. The number of benzene rings is 1. The van der Waals surface area contributed by atoms with E-state index in [0.29, 0.717) is 24.7 Å². The van der Waals surface area contributed by atoms with Gasteiger partial charge in [0.2, 0.25) is 11.8 Å². The lowest BCUT2D eigenvalue weighted by Crippen LogP contribution is -2.37. The maximum absolute atomic E-state index is 13.1. The SMILES string of the molecule is CCN(Cc1cnc2ccccn12)C(=O)C1CC(=O)N(c2ccc(Cl)cc2)C1. The van der Waals surface area contributed by atoms with Crippen molar-refractivity contribution in [1.29, 1.82) is 0 Å². The first-order valence-electron chi connectivity index (χ1n) is 9.32. The molecular weight excluding hydrogens is 376 g/mol. The van der Waals surface area contributed by atoms with Crippen molar-refractivity contribution in [2.24, 2.45) is 5.92 Å². The Balaban J connectivity index is 1.49. The van der Waals surface area contributed by atoms with Gasteiger partial charge < -0.3 is 14.2 Å². The van der Waals surface area contributed by atoms with Gasteiger partial charge in [0.1, 0.15) is 5.65 Å². The summed E-state index contributed by atoms with van der Waals surface area (Å²) in [5, 5.41) is 0.619. The molecule has 1 unspecified atom stereocenters. The highest BCUT2D eigenvalue weighted by atomic mass is 35.5. The quantitative estimate of drug-likeness (QED) is 0.664. The van der Waals surface area contributed by atoms with E-state index in [1.807, 2.05) is 47.9 Å². The first kappa shape index (κ1) is 18.5. The third-order valence-electron chi connectivity index (χ3n) is 5.15. The second-order valence-electron chi connectivity index (χ2n) is 6.91. The van der Waals surface area contributed by atoms with Crippen LogP contribution in [0.25, 0.3) is 5.65 Å². The molecule has 1 saturated heterocycles. The van der Waals surface area contributed by atoms with Gasteiger partial charge in [0, 0.05) is 36.4 Å². The molecule has 3 aromatic rings. The van der Waals surface area contributed by atoms with E-state index in [-0.39, 0.29) is 24.2 Å². The van der Waals surface area contributed by atoms with E-state index in [1.165, 1.54) is 0 Å². The largest absolute Gasteiger partial charge is 0.337 e. The monoisotopic (exact) mass is 396 g/mol. The fourth-order valence-corrected chi connectivity index (χ4v) is 3.77. The Kier molecular flexibility index (Phi) is 5.05. The highest BCUT2D eigenvalue weighted by Gasteiger charge is 2.37. The van der Waals surface area contributed by atoms with Crippen LogP contribution < -0.4 is 4.90 Å². The number of carbonyl (C=O) groups is 2. The van der Waals surface area contributed by atoms with Gasteiger partial charge in [-0.15, -0.1) is 0 Å². The Labute approximate surface area is 168 Å². The molecule has 1 atom stereocenters. The summed E-state index contributed by atoms with van der Waals surface area (Å²) in [5.74, 6) is -0.382. The minimum absolute atomic E-state index is 0.00167. The second kappa shape index (κ2) is 7.64. The molecule has 0 aliphatic carbocycles. The molecule has 2 amide bonds. The highest BCUT2D eigenvalue weighted by molar-refractivity contribution is 6.30. The van der Waals surface area contributed by atoms with Crippen molar-refractivity contribution in [2.45, 2.75) is 19.9 Å². The summed E-state index contributed by atoms with van der Waals surface area (Å²) in [6.07, 6.45) is 3.97. The van der Waals surface area contributed by atoms with Gasteiger partial charge in [0.25, 0.3) is 0 Å². The number of pyridine rings is 1. The van der Waals surface area contributed by atoms with Gasteiger partial charge in [0.15, 0.2) is 0 Å². The van der Waals surface area contributed by atoms with Crippen molar-refractivity contribution in [3.05, 3.63) is 65.6 Å². The van der Waals surface area contributed by atoms with Crippen LogP contribution in [0, 0.1) is 5.92 Å². The van der Waals surface area contributed by atoms with Crippen LogP contribution in [0.3, 0.4) is 0 Å². The van der Waals surface area contributed by atoms with Crippen molar-refractivity contribution in [3.8, 4) is 0 Å². The number of rotatable bonds is 5. The fourth-order valence-electron chi connectivity index (χ4n) is 3.64. The molecule has 3 heterocycles. The minimum Gasteiger partial charge on any atom is -0.337 e. The molecule has 1 aliphatic rings. The Bertz CT molecular complexity index is 1010. The van der Waals surface area contributed by atoms with E-state index >= 15 is 0 Å². The summed E-state index contributed by atoms with van der Waals surface area (Å²) in [5.41, 5.74) is 2.57. The molecular formula is C21H21ClN4O2. The van der Waals surface area contributed by atoms with Crippen LogP contribution in [0.5, 0.6) is 0 Å². The van der Waals surface area contributed by atoms with Gasteiger partial charge in [-0.05, 0) is 43.3 Å². The molecule has 2 aromatic heterocycles. The van der Waals surface area contributed by atoms with Gasteiger partial charge in [-0.25, -0.2) is 4.98 Å². The van der Waals surface area contributed by atoms with E-state index in [2.05, 4.69) is 4.98 Å². The number of fused-ring (bicyclic) bond motifs is 1. The predicted molar refractivity (Wildman–Crippen MR) is 108 cm³/mol. The van der Waals surface area contributed by atoms with E-state index in [9.17, 15) is 9.59 Å². The molecule has 0 bridgehead atoms. The lowest BCUT2D eigenvalue weighted by atomic mass is 10.1. The number of aromatic nitrogens is 2. The second-order valence-corrected chi connectivity index (χ2v) is 7.35. The average molecular weight is 397 g/mol. The van der Waals surface area contributed by atoms with Crippen LogP contribution in [0.1, 0.15) is 19.0 Å². The van der Waals surface area contributed by atoms with Crippen LogP contribution in [-0.4, -0.2) is 39.2 Å². The zero-order valence-electron chi connectivity index (χ0n) is 15.6. The number of imidazole rings is 1. The van der Waals surface area contributed by atoms with E-state index < -0.39 is 0 Å². The van der Waals surface area contributed by atoms with E-state index in [1.54, 1.807) is 28.1 Å². The normalized spacial score (nSPS) is 16.7. The van der Waals surface area contributed by atoms with Gasteiger partial charge in [-0.1, -0.05) is 17.7 Å². The minimum atomic E-state index is -0.345. The molecule has 0 N–H and O–H groups in total. The maximum atomic E-state index is 13.1.